The van der Waals surface area contributed by atoms with Crippen molar-refractivity contribution in [2.24, 2.45) is 10.8 Å². The molecule has 2 saturated carbocycles. The quantitative estimate of drug-likeness (QED) is 0.511. The lowest BCUT2D eigenvalue weighted by Gasteiger charge is -2.39. The molecule has 1 aliphatic heterocycles. The highest BCUT2D eigenvalue weighted by Crippen LogP contribution is 2.57. The van der Waals surface area contributed by atoms with Gasteiger partial charge in [0.25, 0.3) is 10.0 Å². The fourth-order valence-electron chi connectivity index (χ4n) is 5.73. The van der Waals surface area contributed by atoms with Crippen LogP contribution in [0.2, 0.25) is 0 Å². The SMILES string of the molecule is N#CC1(C(=O)N2CC3(CC3)[C@H](NS(=O)(=O)C(F)F)[C@@H]2Cc2cccc(-c3cc(F)cc(F)c3)c2F)CCC1. The van der Waals surface area contributed by atoms with Crippen LogP contribution in [0.5, 0.6) is 0 Å². The zero-order chi connectivity index (χ0) is 27.5. The number of halogens is 5. The molecule has 2 aromatic rings. The summed E-state index contributed by atoms with van der Waals surface area (Å²) < 4.78 is 96.5. The van der Waals surface area contributed by atoms with Crippen LogP contribution in [0.25, 0.3) is 11.1 Å². The lowest BCUT2D eigenvalue weighted by atomic mass is 9.69. The van der Waals surface area contributed by atoms with E-state index in [1.807, 2.05) is 0 Å². The maximum Gasteiger partial charge on any atom is 0.350 e. The average Bonchev–Trinajstić information content (AvgIpc) is 3.54. The summed E-state index contributed by atoms with van der Waals surface area (Å²) >= 11 is 0. The Balaban J connectivity index is 1.55. The smallest absolute Gasteiger partial charge is 0.336 e. The number of carbonyl (C=O) groups excluding carboxylic acids is 1. The molecular weight excluding hydrogens is 529 g/mol. The second kappa shape index (κ2) is 9.31. The number of alkyl halides is 2. The summed E-state index contributed by atoms with van der Waals surface area (Å²) in [7, 11) is -5.05. The number of rotatable bonds is 7. The molecule has 6 nitrogen and oxygen atoms in total. The summed E-state index contributed by atoms with van der Waals surface area (Å²) in [4.78, 5) is 14.9. The number of hydrogen-bond acceptors (Lipinski definition) is 4. The van der Waals surface area contributed by atoms with E-state index in [0.29, 0.717) is 38.2 Å². The second-order valence-electron chi connectivity index (χ2n) is 10.5. The molecule has 12 heteroatoms. The first-order chi connectivity index (χ1) is 17.9. The largest absolute Gasteiger partial charge is 0.350 e. The van der Waals surface area contributed by atoms with E-state index in [1.54, 1.807) is 0 Å². The molecule has 3 aliphatic rings. The van der Waals surface area contributed by atoms with Gasteiger partial charge >= 0.3 is 5.76 Å². The van der Waals surface area contributed by atoms with Crippen molar-refractivity contribution in [1.82, 2.24) is 9.62 Å². The van der Waals surface area contributed by atoms with Gasteiger partial charge in [-0.15, -0.1) is 0 Å². The van der Waals surface area contributed by atoms with E-state index in [2.05, 4.69) is 10.8 Å². The fraction of sp³-hybridized carbons (Fsp3) is 0.462. The second-order valence-corrected chi connectivity index (χ2v) is 12.1. The Kier molecular flexibility index (Phi) is 6.51. The van der Waals surface area contributed by atoms with Gasteiger partial charge in [-0.3, -0.25) is 4.79 Å². The van der Waals surface area contributed by atoms with Crippen LogP contribution < -0.4 is 4.72 Å². The summed E-state index contributed by atoms with van der Waals surface area (Å²) in [6, 6.07) is 6.60. The van der Waals surface area contributed by atoms with Crippen molar-refractivity contribution in [3.63, 3.8) is 0 Å². The summed E-state index contributed by atoms with van der Waals surface area (Å²) in [6.45, 7) is 0.0484. The topological polar surface area (TPSA) is 90.3 Å². The minimum atomic E-state index is -5.05. The molecule has 202 valence electrons. The van der Waals surface area contributed by atoms with E-state index >= 15 is 4.39 Å². The predicted octanol–water partition coefficient (Wildman–Crippen LogP) is 4.51. The number of nitrogens with zero attached hydrogens (tertiary/aromatic N) is 2. The molecule has 0 unspecified atom stereocenters. The highest BCUT2D eigenvalue weighted by molar-refractivity contribution is 7.89. The molecule has 0 bridgehead atoms. The number of hydrogen-bond donors (Lipinski definition) is 1. The molecule has 5 rings (SSSR count). The third-order valence-corrected chi connectivity index (χ3v) is 9.17. The number of nitrogens with one attached hydrogen (secondary N) is 1. The van der Waals surface area contributed by atoms with Gasteiger partial charge in [0.05, 0.1) is 12.1 Å². The maximum atomic E-state index is 15.7. The lowest BCUT2D eigenvalue weighted by Crippen LogP contribution is -2.54. The Morgan fingerprint density at radius 2 is 1.76 bits per heavy atom. The Bertz CT molecular complexity index is 1410. The van der Waals surface area contributed by atoms with Crippen molar-refractivity contribution >= 4 is 15.9 Å². The molecule has 2 atom stereocenters. The zero-order valence-electron chi connectivity index (χ0n) is 20.1. The van der Waals surface area contributed by atoms with Crippen molar-refractivity contribution in [2.45, 2.75) is 56.4 Å². The number of amides is 1. The van der Waals surface area contributed by atoms with E-state index in [9.17, 15) is 36.0 Å². The Labute approximate surface area is 216 Å². The van der Waals surface area contributed by atoms with Gasteiger partial charge in [0, 0.05) is 29.6 Å². The molecule has 0 radical (unpaired) electrons. The molecule has 1 N–H and O–H groups in total. The van der Waals surface area contributed by atoms with Crippen LogP contribution in [0.3, 0.4) is 0 Å². The van der Waals surface area contributed by atoms with Gasteiger partial charge in [-0.1, -0.05) is 18.2 Å². The van der Waals surface area contributed by atoms with Crippen LogP contribution in [0.15, 0.2) is 36.4 Å². The number of likely N-dealkylation sites (tertiary alicyclic amines) is 1. The number of sulfonamides is 1. The lowest BCUT2D eigenvalue weighted by molar-refractivity contribution is -0.144. The third-order valence-electron chi connectivity index (χ3n) is 8.12. The first-order valence-corrected chi connectivity index (χ1v) is 13.7. The van der Waals surface area contributed by atoms with Crippen LogP contribution in [0, 0.1) is 39.6 Å². The maximum absolute atomic E-state index is 15.7. The van der Waals surface area contributed by atoms with Crippen LogP contribution in [-0.4, -0.2) is 43.6 Å². The van der Waals surface area contributed by atoms with Crippen molar-refractivity contribution in [2.75, 3.05) is 6.54 Å². The molecule has 0 aromatic heterocycles. The van der Waals surface area contributed by atoms with E-state index in [-0.39, 0.29) is 29.7 Å². The van der Waals surface area contributed by atoms with Crippen molar-refractivity contribution < 1.29 is 35.2 Å². The summed E-state index contributed by atoms with van der Waals surface area (Å²) in [6.07, 6.45) is 1.97. The predicted molar refractivity (Wildman–Crippen MR) is 126 cm³/mol. The minimum Gasteiger partial charge on any atom is -0.336 e. The van der Waals surface area contributed by atoms with Crippen molar-refractivity contribution in [1.29, 1.82) is 5.26 Å². The van der Waals surface area contributed by atoms with Crippen LogP contribution in [0.1, 0.15) is 37.7 Å². The standard InChI is InChI=1S/C26H24F5N3O3S/c27-17-9-16(10-18(28)12-17)19-4-1-3-15(21(19)29)11-20-22(33-38(36,37)24(30)31)26(7-8-26)14-34(20)23(35)25(13-32)5-2-6-25/h1,3-4,9-10,12,20,22,24,33H,2,5-8,11,14H2/t20-,22+/m0/s1. The van der Waals surface area contributed by atoms with Gasteiger partial charge in [0.1, 0.15) is 22.9 Å². The molecular formula is C26H24F5N3O3S. The molecule has 1 saturated heterocycles. The molecule has 2 aliphatic carbocycles. The third kappa shape index (κ3) is 4.45. The number of nitriles is 1. The Hall–Kier alpha value is -3.04. The van der Waals surface area contributed by atoms with E-state index < -0.39 is 62.1 Å². The highest BCUT2D eigenvalue weighted by atomic mass is 32.2. The van der Waals surface area contributed by atoms with Crippen LogP contribution in [-0.2, 0) is 21.2 Å². The molecule has 3 fully saturated rings. The summed E-state index contributed by atoms with van der Waals surface area (Å²) in [5.41, 5.74) is -2.26. The van der Waals surface area contributed by atoms with Gasteiger partial charge in [0.15, 0.2) is 0 Å². The van der Waals surface area contributed by atoms with Gasteiger partial charge < -0.3 is 4.90 Å². The van der Waals surface area contributed by atoms with Gasteiger partial charge in [-0.2, -0.15) is 14.0 Å². The Morgan fingerprint density at radius 3 is 2.29 bits per heavy atom. The molecule has 2 aromatic carbocycles. The van der Waals surface area contributed by atoms with Crippen LogP contribution >= 0.6 is 0 Å². The first-order valence-electron chi connectivity index (χ1n) is 12.2. The fourth-order valence-corrected chi connectivity index (χ4v) is 6.59. The van der Waals surface area contributed by atoms with Gasteiger partial charge in [-0.25, -0.2) is 26.3 Å². The average molecular weight is 554 g/mol. The van der Waals surface area contributed by atoms with Crippen molar-refractivity contribution in [3.05, 3.63) is 59.4 Å². The normalized spacial score (nSPS) is 23.3. The monoisotopic (exact) mass is 553 g/mol. The van der Waals surface area contributed by atoms with E-state index in [0.717, 1.165) is 12.1 Å². The molecule has 1 amide bonds. The van der Waals surface area contributed by atoms with Gasteiger partial charge in [0.2, 0.25) is 5.91 Å². The van der Waals surface area contributed by atoms with E-state index in [4.69, 9.17) is 0 Å². The van der Waals surface area contributed by atoms with Crippen molar-refractivity contribution in [3.8, 4) is 17.2 Å². The Morgan fingerprint density at radius 1 is 1.11 bits per heavy atom. The summed E-state index contributed by atoms with van der Waals surface area (Å²) in [5.74, 6) is -6.88. The zero-order valence-corrected chi connectivity index (χ0v) is 20.9. The summed E-state index contributed by atoms with van der Waals surface area (Å²) in [5, 5.41) is 9.74. The first kappa shape index (κ1) is 26.6. The van der Waals surface area contributed by atoms with Crippen LogP contribution in [0.4, 0.5) is 22.0 Å². The van der Waals surface area contributed by atoms with Gasteiger partial charge in [-0.05, 0) is 61.8 Å². The minimum absolute atomic E-state index is 0.00790. The molecule has 1 spiro atoms. The number of carbonyl (C=O) groups is 1. The highest BCUT2D eigenvalue weighted by Gasteiger charge is 2.63. The van der Waals surface area contributed by atoms with E-state index in [1.165, 1.54) is 23.1 Å². The molecule has 1 heterocycles. The molecule has 38 heavy (non-hydrogen) atoms. The number of benzene rings is 2.